The van der Waals surface area contributed by atoms with Crippen LogP contribution < -0.4 is 10.8 Å². The molecule has 0 aliphatic heterocycles. The maximum Gasteiger partial charge on any atom is 0.245 e. The Morgan fingerprint density at radius 3 is 2.05 bits per heavy atom. The third kappa shape index (κ3) is 7.46. The van der Waals surface area contributed by atoms with Gasteiger partial charge in [-0.15, -0.1) is 0 Å². The van der Waals surface area contributed by atoms with Gasteiger partial charge in [-0.2, -0.15) is 0 Å². The molecule has 1 aromatic heterocycles. The number of hydroxylamine groups is 1. The molecule has 4 aromatic rings. The van der Waals surface area contributed by atoms with Gasteiger partial charge in [-0.05, 0) is 48.9 Å². The van der Waals surface area contributed by atoms with E-state index in [-0.39, 0.29) is 18.8 Å². The predicted octanol–water partition coefficient (Wildman–Crippen LogP) is 5.75. The van der Waals surface area contributed by atoms with Gasteiger partial charge in [-0.1, -0.05) is 92.2 Å². The molecule has 6 N–H and O–H groups in total. The van der Waals surface area contributed by atoms with Crippen LogP contribution in [0.25, 0.3) is 22.4 Å². The molecule has 42 heavy (non-hydrogen) atoms. The van der Waals surface area contributed by atoms with E-state index in [0.717, 1.165) is 44.9 Å². The molecule has 0 saturated carbocycles. The van der Waals surface area contributed by atoms with Crippen molar-refractivity contribution < 1.29 is 25.3 Å². The zero-order chi connectivity index (χ0) is 30.2. The zero-order valence-electron chi connectivity index (χ0n) is 24.4. The normalized spacial score (nSPS) is 13.5. The fraction of sp³-hybridized carbons (Fsp3) is 0.324. The van der Waals surface area contributed by atoms with Gasteiger partial charge in [0, 0.05) is 29.1 Å². The largest absolute Gasteiger partial charge is 0.393 e. The lowest BCUT2D eigenvalue weighted by Crippen LogP contribution is -2.27. The molecule has 3 aromatic carbocycles. The summed E-state index contributed by atoms with van der Waals surface area (Å²) < 4.78 is 2.18. The van der Waals surface area contributed by atoms with Crippen LogP contribution in [0.15, 0.2) is 84.9 Å². The molecule has 0 radical (unpaired) electrons. The molecule has 0 saturated heterocycles. The van der Waals surface area contributed by atoms with E-state index in [2.05, 4.69) is 48.0 Å². The van der Waals surface area contributed by atoms with Crippen LogP contribution in [-0.4, -0.2) is 43.2 Å². The Kier molecular flexibility index (Phi) is 10.5. The first kappa shape index (κ1) is 31.0. The molecule has 0 aliphatic carbocycles. The van der Waals surface area contributed by atoms with Crippen LogP contribution in [0.4, 0.5) is 5.69 Å². The Hall–Kier alpha value is -3.95. The molecule has 8 heteroatoms. The second-order valence-electron chi connectivity index (χ2n) is 11.0. The first-order valence-electron chi connectivity index (χ1n) is 14.4. The van der Waals surface area contributed by atoms with Crippen LogP contribution in [0.3, 0.4) is 0 Å². The molecule has 4 rings (SSSR count). The maximum atomic E-state index is 11.8. The second-order valence-corrected chi connectivity index (χ2v) is 11.0. The number of nitrogens with zero attached hydrogens (tertiary/aromatic N) is 1. The highest BCUT2D eigenvalue weighted by Crippen LogP contribution is 2.45. The number of nitrogens with one attached hydrogen (secondary N) is 2. The van der Waals surface area contributed by atoms with Crippen LogP contribution in [0, 0.1) is 6.92 Å². The molecule has 0 spiro atoms. The fourth-order valence-corrected chi connectivity index (χ4v) is 5.51. The lowest BCUT2D eigenvalue weighted by molar-refractivity contribution is -0.131. The monoisotopic (exact) mass is 571 g/mol. The average molecular weight is 572 g/mol. The van der Waals surface area contributed by atoms with Crippen molar-refractivity contribution in [1.29, 1.82) is 0 Å². The topological polar surface area (TPSA) is 127 Å². The molecule has 0 aliphatic rings. The molecule has 222 valence electrons. The number of anilines is 1. The Balaban J connectivity index is 1.85. The molecular formula is C34H41N3O5. The number of aliphatic hydroxyl groups excluding tert-OH is 3. The van der Waals surface area contributed by atoms with Gasteiger partial charge < -0.3 is 25.2 Å². The third-order valence-corrected chi connectivity index (χ3v) is 7.40. The minimum absolute atomic E-state index is 0.0118. The summed E-state index contributed by atoms with van der Waals surface area (Å²) in [6, 6.07) is 27.9. The van der Waals surface area contributed by atoms with Crippen LogP contribution in [0.2, 0.25) is 0 Å². The molecule has 8 nitrogen and oxygen atoms in total. The zero-order valence-corrected chi connectivity index (χ0v) is 24.4. The van der Waals surface area contributed by atoms with Crippen molar-refractivity contribution in [2.45, 2.75) is 70.9 Å². The number of carbonyl (C=O) groups excluding carboxylic acids is 1. The summed E-state index contributed by atoms with van der Waals surface area (Å²) in [5, 5.41) is 45.0. The van der Waals surface area contributed by atoms with Crippen LogP contribution in [0.5, 0.6) is 0 Å². The molecule has 3 atom stereocenters. The van der Waals surface area contributed by atoms with E-state index in [1.165, 1.54) is 5.48 Å². The van der Waals surface area contributed by atoms with Crippen molar-refractivity contribution in [3.63, 3.8) is 0 Å². The van der Waals surface area contributed by atoms with E-state index in [9.17, 15) is 20.1 Å². The van der Waals surface area contributed by atoms with Gasteiger partial charge in [0.05, 0.1) is 24.3 Å². The van der Waals surface area contributed by atoms with E-state index in [1.54, 1.807) is 0 Å². The minimum Gasteiger partial charge on any atom is -0.393 e. The smallest absolute Gasteiger partial charge is 0.245 e. The van der Waals surface area contributed by atoms with E-state index in [0.29, 0.717) is 13.0 Å². The molecule has 1 heterocycles. The van der Waals surface area contributed by atoms with Crippen molar-refractivity contribution in [1.82, 2.24) is 10.0 Å². The number of benzene rings is 3. The first-order valence-corrected chi connectivity index (χ1v) is 14.4. The van der Waals surface area contributed by atoms with Crippen molar-refractivity contribution in [3.05, 3.63) is 102 Å². The van der Waals surface area contributed by atoms with Crippen molar-refractivity contribution in [3.8, 4) is 22.4 Å². The summed E-state index contributed by atoms with van der Waals surface area (Å²) in [5.41, 5.74) is 8.93. The number of carbonyl (C=O) groups is 1. The highest BCUT2D eigenvalue weighted by atomic mass is 16.5. The summed E-state index contributed by atoms with van der Waals surface area (Å²) in [7, 11) is 0. The number of para-hydroxylation sites is 1. The Morgan fingerprint density at radius 2 is 1.45 bits per heavy atom. The van der Waals surface area contributed by atoms with Gasteiger partial charge in [-0.25, -0.2) is 5.48 Å². The number of amides is 1. The minimum atomic E-state index is -1.09. The van der Waals surface area contributed by atoms with E-state index in [4.69, 9.17) is 5.21 Å². The highest BCUT2D eigenvalue weighted by Gasteiger charge is 2.30. The van der Waals surface area contributed by atoms with Crippen LogP contribution >= 0.6 is 0 Å². The Morgan fingerprint density at radius 1 is 0.833 bits per heavy atom. The maximum absolute atomic E-state index is 11.8. The predicted molar refractivity (Wildman–Crippen MR) is 165 cm³/mol. The van der Waals surface area contributed by atoms with Gasteiger partial charge in [0.15, 0.2) is 6.23 Å². The molecule has 1 unspecified atom stereocenters. The van der Waals surface area contributed by atoms with Gasteiger partial charge >= 0.3 is 0 Å². The Bertz CT molecular complexity index is 1440. The van der Waals surface area contributed by atoms with Crippen LogP contribution in [0.1, 0.15) is 62.1 Å². The lowest BCUT2D eigenvalue weighted by atomic mass is 9.93. The quantitative estimate of drug-likeness (QED) is 0.0689. The summed E-state index contributed by atoms with van der Waals surface area (Å²) in [4.78, 5) is 11.5. The number of aliphatic hydroxyl groups is 3. The number of rotatable bonds is 13. The summed E-state index contributed by atoms with van der Waals surface area (Å²) in [6.45, 7) is 6.63. The SMILES string of the molecule is Cc1ccc(-c2c(-c3ccccc3)c(C(O)Nc3ccccc3)c(C(C)C)n2CC[C@@H](O)C[C@@H](O)CC(=O)NO)cc1. The summed E-state index contributed by atoms with van der Waals surface area (Å²) in [5.74, 6) is -0.689. The van der Waals surface area contributed by atoms with Crippen LogP contribution in [-0.2, 0) is 11.3 Å². The first-order chi connectivity index (χ1) is 20.2. The fourth-order valence-electron chi connectivity index (χ4n) is 5.51. The summed E-state index contributed by atoms with van der Waals surface area (Å²) in [6.07, 6.45) is -3.01. The number of hydrogen-bond donors (Lipinski definition) is 6. The van der Waals surface area contributed by atoms with Gasteiger partial charge in [0.25, 0.3) is 0 Å². The average Bonchev–Trinajstić information content (AvgIpc) is 3.33. The van der Waals surface area contributed by atoms with Gasteiger partial charge in [0.2, 0.25) is 5.91 Å². The standard InChI is InChI=1S/C34H41N3O5/c1-22(2)32-31(34(41)35-26-12-8-5-9-13-26)30(24-10-6-4-7-11-24)33(25-16-14-23(3)15-17-25)37(32)19-18-27(38)20-28(39)21-29(40)36-42/h4-17,22,27-28,34-35,38-39,41-42H,18-21H2,1-3H3,(H,36,40)/t27-,28-,34?/m1/s1. The van der Waals surface area contributed by atoms with Crippen molar-refractivity contribution >= 4 is 11.6 Å². The number of aryl methyl sites for hydroxylation is 1. The second kappa shape index (κ2) is 14.3. The highest BCUT2D eigenvalue weighted by molar-refractivity contribution is 5.86. The number of aromatic nitrogens is 1. The number of hydrogen-bond acceptors (Lipinski definition) is 6. The van der Waals surface area contributed by atoms with E-state index < -0.39 is 24.3 Å². The van der Waals surface area contributed by atoms with Gasteiger partial charge in [0.1, 0.15) is 0 Å². The summed E-state index contributed by atoms with van der Waals surface area (Å²) >= 11 is 0. The van der Waals surface area contributed by atoms with E-state index >= 15 is 0 Å². The van der Waals surface area contributed by atoms with Crippen molar-refractivity contribution in [2.75, 3.05) is 5.32 Å². The van der Waals surface area contributed by atoms with Gasteiger partial charge in [-0.3, -0.25) is 10.0 Å². The van der Waals surface area contributed by atoms with E-state index in [1.807, 2.05) is 67.6 Å². The Labute approximate surface area is 247 Å². The lowest BCUT2D eigenvalue weighted by Gasteiger charge is -2.22. The molecule has 0 fully saturated rings. The molecule has 1 amide bonds. The third-order valence-electron chi connectivity index (χ3n) is 7.40. The van der Waals surface area contributed by atoms with Crippen molar-refractivity contribution in [2.24, 2.45) is 0 Å². The molecular weight excluding hydrogens is 530 g/mol. The molecule has 0 bridgehead atoms.